The Hall–Kier alpha value is -0.890. The van der Waals surface area contributed by atoms with Gasteiger partial charge in [-0.15, -0.1) is 0 Å². The predicted octanol–water partition coefficient (Wildman–Crippen LogP) is 3.20. The van der Waals surface area contributed by atoms with Gasteiger partial charge >= 0.3 is 0 Å². The summed E-state index contributed by atoms with van der Waals surface area (Å²) in [5.41, 5.74) is 2.31. The van der Waals surface area contributed by atoms with Crippen LogP contribution in [0.15, 0.2) is 34.8 Å². The van der Waals surface area contributed by atoms with Crippen LogP contribution in [0.3, 0.4) is 0 Å². The molecule has 0 heterocycles. The standard InChI is InChI=1S/C11H9BrO/c12-10-3-1-2-8(6-10)9-4-5-11(13)7-9/h1-3,6-7H,4-5H2. The summed E-state index contributed by atoms with van der Waals surface area (Å²) < 4.78 is 1.06. The predicted molar refractivity (Wildman–Crippen MR) is 56.4 cm³/mol. The summed E-state index contributed by atoms with van der Waals surface area (Å²) in [4.78, 5) is 11.0. The number of ketones is 1. The van der Waals surface area contributed by atoms with Gasteiger partial charge in [-0.05, 0) is 35.8 Å². The van der Waals surface area contributed by atoms with E-state index in [2.05, 4.69) is 15.9 Å². The van der Waals surface area contributed by atoms with E-state index in [1.807, 2.05) is 24.3 Å². The average molecular weight is 237 g/mol. The van der Waals surface area contributed by atoms with Gasteiger partial charge in [0.2, 0.25) is 0 Å². The maximum absolute atomic E-state index is 11.0. The van der Waals surface area contributed by atoms with Gasteiger partial charge in [0, 0.05) is 10.9 Å². The molecule has 0 radical (unpaired) electrons. The SMILES string of the molecule is O=C1C=C(c2cccc(Br)c2)CC1. The molecule has 0 unspecified atom stereocenters. The van der Waals surface area contributed by atoms with Gasteiger partial charge in [0.25, 0.3) is 0 Å². The van der Waals surface area contributed by atoms with Crippen molar-refractivity contribution in [1.82, 2.24) is 0 Å². The lowest BCUT2D eigenvalue weighted by Crippen LogP contribution is -1.80. The van der Waals surface area contributed by atoms with Crippen molar-refractivity contribution in [1.29, 1.82) is 0 Å². The third kappa shape index (κ3) is 1.89. The summed E-state index contributed by atoms with van der Waals surface area (Å²) in [6.45, 7) is 0. The minimum atomic E-state index is 0.245. The smallest absolute Gasteiger partial charge is 0.156 e. The Labute approximate surface area is 85.6 Å². The lowest BCUT2D eigenvalue weighted by atomic mass is 10.1. The molecule has 0 atom stereocenters. The number of hydrogen-bond donors (Lipinski definition) is 0. The molecule has 0 fully saturated rings. The van der Waals surface area contributed by atoms with Crippen molar-refractivity contribution < 1.29 is 4.79 Å². The zero-order chi connectivity index (χ0) is 9.26. The first kappa shape index (κ1) is 8.70. The van der Waals surface area contributed by atoms with Crippen LogP contribution in [-0.4, -0.2) is 5.78 Å². The number of carbonyl (C=O) groups is 1. The fourth-order valence-corrected chi connectivity index (χ4v) is 1.91. The van der Waals surface area contributed by atoms with Gasteiger partial charge < -0.3 is 0 Å². The van der Waals surface area contributed by atoms with Crippen LogP contribution in [0.25, 0.3) is 5.57 Å². The van der Waals surface area contributed by atoms with E-state index in [0.717, 1.165) is 22.0 Å². The number of rotatable bonds is 1. The minimum absolute atomic E-state index is 0.245. The molecule has 2 heteroatoms. The molecule has 2 rings (SSSR count). The van der Waals surface area contributed by atoms with Gasteiger partial charge in [0.1, 0.15) is 0 Å². The summed E-state index contributed by atoms with van der Waals surface area (Å²) in [6, 6.07) is 8.06. The number of carbonyl (C=O) groups excluding carboxylic acids is 1. The zero-order valence-electron chi connectivity index (χ0n) is 7.09. The topological polar surface area (TPSA) is 17.1 Å². The highest BCUT2D eigenvalue weighted by Crippen LogP contribution is 2.27. The van der Waals surface area contributed by atoms with Crippen LogP contribution >= 0.6 is 15.9 Å². The van der Waals surface area contributed by atoms with Crippen LogP contribution in [0.5, 0.6) is 0 Å². The largest absolute Gasteiger partial charge is 0.295 e. The van der Waals surface area contributed by atoms with Crippen molar-refractivity contribution in [3.63, 3.8) is 0 Å². The number of benzene rings is 1. The molecule has 1 nitrogen and oxygen atoms in total. The van der Waals surface area contributed by atoms with E-state index in [0.29, 0.717) is 6.42 Å². The fourth-order valence-electron chi connectivity index (χ4n) is 1.51. The Morgan fingerprint density at radius 1 is 1.23 bits per heavy atom. The summed E-state index contributed by atoms with van der Waals surface area (Å²) >= 11 is 3.41. The van der Waals surface area contributed by atoms with Gasteiger partial charge in [-0.25, -0.2) is 0 Å². The van der Waals surface area contributed by atoms with Crippen LogP contribution in [0.2, 0.25) is 0 Å². The van der Waals surface area contributed by atoms with E-state index in [1.165, 1.54) is 0 Å². The van der Waals surface area contributed by atoms with Crippen molar-refractivity contribution in [2.45, 2.75) is 12.8 Å². The first-order valence-electron chi connectivity index (χ1n) is 4.25. The molecule has 66 valence electrons. The van der Waals surface area contributed by atoms with Crippen LogP contribution < -0.4 is 0 Å². The second-order valence-corrected chi connectivity index (χ2v) is 4.06. The molecule has 0 saturated heterocycles. The number of halogens is 1. The molecule has 1 aliphatic rings. The van der Waals surface area contributed by atoms with Crippen LogP contribution in [0.1, 0.15) is 18.4 Å². The van der Waals surface area contributed by atoms with E-state index >= 15 is 0 Å². The quantitative estimate of drug-likeness (QED) is 0.732. The van der Waals surface area contributed by atoms with Crippen molar-refractivity contribution in [2.24, 2.45) is 0 Å². The molecule has 1 aromatic rings. The normalized spacial score (nSPS) is 16.1. The van der Waals surface area contributed by atoms with Gasteiger partial charge in [0.05, 0.1) is 0 Å². The van der Waals surface area contributed by atoms with Gasteiger partial charge in [0.15, 0.2) is 5.78 Å². The summed E-state index contributed by atoms with van der Waals surface area (Å²) in [5.74, 6) is 0.245. The molecule has 0 aromatic heterocycles. The molecular weight excluding hydrogens is 228 g/mol. The molecule has 1 aliphatic carbocycles. The van der Waals surface area contributed by atoms with Crippen LogP contribution in [0, 0.1) is 0 Å². The van der Waals surface area contributed by atoms with Crippen molar-refractivity contribution in [3.05, 3.63) is 40.4 Å². The Kier molecular flexibility index (Phi) is 2.32. The van der Waals surface area contributed by atoms with Gasteiger partial charge in [-0.3, -0.25) is 4.79 Å². The van der Waals surface area contributed by atoms with Crippen molar-refractivity contribution in [3.8, 4) is 0 Å². The van der Waals surface area contributed by atoms with Crippen LogP contribution in [0.4, 0.5) is 0 Å². The summed E-state index contributed by atoms with van der Waals surface area (Å²) in [7, 11) is 0. The molecule has 0 spiro atoms. The molecular formula is C11H9BrO. The fraction of sp³-hybridized carbons (Fsp3) is 0.182. The first-order chi connectivity index (χ1) is 6.25. The summed E-state index contributed by atoms with van der Waals surface area (Å²) in [5, 5.41) is 0. The summed E-state index contributed by atoms with van der Waals surface area (Å²) in [6.07, 6.45) is 3.30. The van der Waals surface area contributed by atoms with Gasteiger partial charge in [-0.2, -0.15) is 0 Å². The Morgan fingerprint density at radius 2 is 2.08 bits per heavy atom. The molecule has 13 heavy (non-hydrogen) atoms. The molecule has 0 saturated carbocycles. The highest BCUT2D eigenvalue weighted by Gasteiger charge is 2.13. The van der Waals surface area contributed by atoms with E-state index in [4.69, 9.17) is 0 Å². The Balaban J connectivity index is 2.36. The Bertz CT molecular complexity index is 379. The average Bonchev–Trinajstić information content (AvgIpc) is 2.52. The first-order valence-corrected chi connectivity index (χ1v) is 5.04. The van der Waals surface area contributed by atoms with E-state index in [1.54, 1.807) is 6.08 Å². The molecule has 0 aliphatic heterocycles. The van der Waals surface area contributed by atoms with Crippen molar-refractivity contribution in [2.75, 3.05) is 0 Å². The maximum atomic E-state index is 11.0. The maximum Gasteiger partial charge on any atom is 0.156 e. The monoisotopic (exact) mass is 236 g/mol. The second-order valence-electron chi connectivity index (χ2n) is 3.15. The molecule has 0 amide bonds. The second kappa shape index (κ2) is 3.46. The van der Waals surface area contributed by atoms with E-state index in [9.17, 15) is 4.79 Å². The zero-order valence-corrected chi connectivity index (χ0v) is 8.67. The third-order valence-electron chi connectivity index (χ3n) is 2.17. The number of allylic oxidation sites excluding steroid dienone is 2. The molecule has 1 aromatic carbocycles. The van der Waals surface area contributed by atoms with Gasteiger partial charge in [-0.1, -0.05) is 28.1 Å². The van der Waals surface area contributed by atoms with Crippen LogP contribution in [-0.2, 0) is 4.79 Å². The third-order valence-corrected chi connectivity index (χ3v) is 2.66. The van der Waals surface area contributed by atoms with E-state index in [-0.39, 0.29) is 5.78 Å². The lowest BCUT2D eigenvalue weighted by molar-refractivity contribution is -0.114. The highest BCUT2D eigenvalue weighted by molar-refractivity contribution is 9.10. The van der Waals surface area contributed by atoms with E-state index < -0.39 is 0 Å². The molecule has 0 N–H and O–H groups in total. The minimum Gasteiger partial charge on any atom is -0.295 e. The number of hydrogen-bond acceptors (Lipinski definition) is 1. The lowest BCUT2D eigenvalue weighted by Gasteiger charge is -2.00. The Morgan fingerprint density at radius 3 is 2.69 bits per heavy atom. The highest BCUT2D eigenvalue weighted by atomic mass is 79.9. The van der Waals surface area contributed by atoms with Crippen molar-refractivity contribution >= 4 is 27.3 Å². The molecule has 0 bridgehead atoms.